The molecule has 0 atom stereocenters. The quantitative estimate of drug-likeness (QED) is 0.684. The molecule has 140 valence electrons. The lowest BCUT2D eigenvalue weighted by atomic mass is 10.1. The Kier molecular flexibility index (Phi) is 4.57. The van der Waals surface area contributed by atoms with E-state index in [4.69, 9.17) is 4.42 Å². The summed E-state index contributed by atoms with van der Waals surface area (Å²) in [5.41, 5.74) is 2.39. The van der Waals surface area contributed by atoms with Crippen LogP contribution in [0, 0.1) is 0 Å². The fourth-order valence-corrected chi connectivity index (χ4v) is 3.13. The molecule has 1 aromatic carbocycles. The summed E-state index contributed by atoms with van der Waals surface area (Å²) in [5, 5.41) is 0. The van der Waals surface area contributed by atoms with Crippen molar-refractivity contribution >= 4 is 0 Å². The van der Waals surface area contributed by atoms with E-state index in [0.717, 1.165) is 11.3 Å². The molecule has 1 aliphatic heterocycles. The molecule has 0 unspecified atom stereocenters. The Labute approximate surface area is 153 Å². The molecular formula is C19H16F3N3O2. The maximum Gasteiger partial charge on any atom is 0.573 e. The van der Waals surface area contributed by atoms with Crippen LogP contribution >= 0.6 is 0 Å². The summed E-state index contributed by atoms with van der Waals surface area (Å²) >= 11 is 0. The molecule has 3 aromatic rings. The van der Waals surface area contributed by atoms with E-state index >= 15 is 0 Å². The van der Waals surface area contributed by atoms with Crippen LogP contribution in [0.1, 0.15) is 16.8 Å². The van der Waals surface area contributed by atoms with Gasteiger partial charge in [-0.15, -0.1) is 13.2 Å². The van der Waals surface area contributed by atoms with Crippen LogP contribution in [-0.2, 0) is 19.5 Å². The first kappa shape index (κ1) is 17.5. The number of fused-ring (bicyclic) bond motifs is 1. The third-order valence-corrected chi connectivity index (χ3v) is 4.35. The minimum absolute atomic E-state index is 0.166. The average Bonchev–Trinajstić information content (AvgIpc) is 3.16. The molecule has 0 saturated carbocycles. The molecule has 0 N–H and O–H groups in total. The van der Waals surface area contributed by atoms with Crippen molar-refractivity contribution in [3.05, 3.63) is 65.7 Å². The van der Waals surface area contributed by atoms with Crippen LogP contribution in [-0.4, -0.2) is 27.8 Å². The summed E-state index contributed by atoms with van der Waals surface area (Å²) < 4.78 is 47.2. The molecule has 4 rings (SSSR count). The van der Waals surface area contributed by atoms with Crippen molar-refractivity contribution in [2.45, 2.75) is 25.9 Å². The highest BCUT2D eigenvalue weighted by Crippen LogP contribution is 2.29. The summed E-state index contributed by atoms with van der Waals surface area (Å²) in [7, 11) is 0. The van der Waals surface area contributed by atoms with Crippen molar-refractivity contribution < 1.29 is 22.3 Å². The van der Waals surface area contributed by atoms with Crippen LogP contribution in [0.25, 0.3) is 11.6 Å². The molecule has 0 fully saturated rings. The van der Waals surface area contributed by atoms with Gasteiger partial charge in [0.15, 0.2) is 11.6 Å². The van der Waals surface area contributed by atoms with Crippen molar-refractivity contribution in [2.24, 2.45) is 0 Å². The van der Waals surface area contributed by atoms with E-state index in [-0.39, 0.29) is 5.75 Å². The van der Waals surface area contributed by atoms with Gasteiger partial charge < -0.3 is 9.15 Å². The van der Waals surface area contributed by atoms with Crippen molar-refractivity contribution in [2.75, 3.05) is 6.54 Å². The molecule has 0 bridgehead atoms. The van der Waals surface area contributed by atoms with Crippen LogP contribution in [0.15, 0.2) is 53.3 Å². The molecule has 2 aromatic heterocycles. The molecule has 0 saturated heterocycles. The minimum Gasteiger partial charge on any atom is -0.461 e. The van der Waals surface area contributed by atoms with E-state index < -0.39 is 6.36 Å². The van der Waals surface area contributed by atoms with E-state index in [1.165, 1.54) is 12.1 Å². The van der Waals surface area contributed by atoms with Crippen molar-refractivity contribution in [3.8, 4) is 17.3 Å². The van der Waals surface area contributed by atoms with Crippen molar-refractivity contribution in [3.63, 3.8) is 0 Å². The molecule has 0 aliphatic carbocycles. The van der Waals surface area contributed by atoms with Crippen LogP contribution in [0.4, 0.5) is 13.2 Å². The summed E-state index contributed by atoms with van der Waals surface area (Å²) in [4.78, 5) is 10.9. The first-order chi connectivity index (χ1) is 13.0. The number of nitrogens with zero attached hydrogens (tertiary/aromatic N) is 3. The Balaban J connectivity index is 1.49. The average molecular weight is 375 g/mol. The maximum absolute atomic E-state index is 12.6. The van der Waals surface area contributed by atoms with Gasteiger partial charge in [0.05, 0.1) is 12.0 Å². The molecule has 8 heteroatoms. The third kappa shape index (κ3) is 4.11. The summed E-state index contributed by atoms with van der Waals surface area (Å²) in [6.45, 7) is 1.60. The normalized spacial score (nSPS) is 14.8. The number of aromatic nitrogens is 2. The molecule has 0 spiro atoms. The number of halogens is 3. The van der Waals surface area contributed by atoms with Crippen LogP contribution in [0.2, 0.25) is 0 Å². The monoisotopic (exact) mass is 375 g/mol. The molecule has 5 nitrogen and oxygen atoms in total. The minimum atomic E-state index is -4.71. The zero-order valence-electron chi connectivity index (χ0n) is 14.2. The highest BCUT2D eigenvalue weighted by atomic mass is 19.4. The van der Waals surface area contributed by atoms with Crippen molar-refractivity contribution in [1.82, 2.24) is 14.9 Å². The Morgan fingerprint density at radius 1 is 1.15 bits per heavy atom. The molecule has 3 heterocycles. The lowest BCUT2D eigenvalue weighted by Crippen LogP contribution is -2.31. The molecular weight excluding hydrogens is 359 g/mol. The zero-order chi connectivity index (χ0) is 18.9. The highest BCUT2D eigenvalue weighted by Gasteiger charge is 2.32. The number of rotatable bonds is 4. The van der Waals surface area contributed by atoms with Gasteiger partial charge >= 0.3 is 6.36 Å². The van der Waals surface area contributed by atoms with Crippen LogP contribution < -0.4 is 4.74 Å². The fourth-order valence-electron chi connectivity index (χ4n) is 3.13. The van der Waals surface area contributed by atoms with E-state index in [1.807, 2.05) is 0 Å². The van der Waals surface area contributed by atoms with E-state index in [2.05, 4.69) is 19.6 Å². The molecule has 0 amide bonds. The number of benzene rings is 1. The first-order valence-electron chi connectivity index (χ1n) is 8.42. The Bertz CT molecular complexity index is 926. The molecule has 1 aliphatic rings. The van der Waals surface area contributed by atoms with Gasteiger partial charge in [0.25, 0.3) is 0 Å². The van der Waals surface area contributed by atoms with Gasteiger partial charge in [-0.3, -0.25) is 4.90 Å². The fraction of sp³-hybridized carbons (Fsp3) is 0.263. The second-order valence-electron chi connectivity index (χ2n) is 6.26. The number of furan rings is 1. The number of ether oxygens (including phenoxy) is 1. The Morgan fingerprint density at radius 3 is 2.78 bits per heavy atom. The molecule has 27 heavy (non-hydrogen) atoms. The van der Waals surface area contributed by atoms with E-state index in [1.54, 1.807) is 36.7 Å². The van der Waals surface area contributed by atoms with E-state index in [0.29, 0.717) is 43.2 Å². The second-order valence-corrected chi connectivity index (χ2v) is 6.26. The predicted octanol–water partition coefficient (Wildman–Crippen LogP) is 4.19. The van der Waals surface area contributed by atoms with Gasteiger partial charge in [-0.1, -0.05) is 18.2 Å². The Morgan fingerprint density at radius 2 is 2.00 bits per heavy atom. The number of hydrogen-bond acceptors (Lipinski definition) is 5. The van der Waals surface area contributed by atoms with Crippen molar-refractivity contribution in [1.29, 1.82) is 0 Å². The molecule has 0 radical (unpaired) electrons. The Hall–Kier alpha value is -2.87. The smallest absolute Gasteiger partial charge is 0.461 e. The lowest BCUT2D eigenvalue weighted by Gasteiger charge is -2.28. The largest absolute Gasteiger partial charge is 0.573 e. The summed E-state index contributed by atoms with van der Waals surface area (Å²) in [6.07, 6.45) is -0.695. The topological polar surface area (TPSA) is 51.4 Å². The third-order valence-electron chi connectivity index (χ3n) is 4.35. The van der Waals surface area contributed by atoms with Gasteiger partial charge in [-0.25, -0.2) is 9.97 Å². The zero-order valence-corrected chi connectivity index (χ0v) is 14.2. The SMILES string of the molecule is FC(F)(F)Oc1ccccc1CN1CCc2nc(-c3ccco3)ncc2C1. The summed E-state index contributed by atoms with van der Waals surface area (Å²) in [5.74, 6) is 0.981. The van der Waals surface area contributed by atoms with Gasteiger partial charge in [0.2, 0.25) is 0 Å². The maximum atomic E-state index is 12.6. The standard InChI is InChI=1S/C19H16F3N3O2/c20-19(21,22)27-16-5-2-1-4-13(16)11-25-8-7-15-14(12-25)10-23-18(24-15)17-6-3-9-26-17/h1-6,9-10H,7-8,11-12H2. The van der Waals surface area contributed by atoms with Gasteiger partial charge in [0.1, 0.15) is 5.75 Å². The van der Waals surface area contributed by atoms with Gasteiger partial charge in [-0.2, -0.15) is 0 Å². The first-order valence-corrected chi connectivity index (χ1v) is 8.42. The van der Waals surface area contributed by atoms with Gasteiger partial charge in [-0.05, 0) is 18.2 Å². The van der Waals surface area contributed by atoms with Gasteiger partial charge in [0, 0.05) is 43.4 Å². The van der Waals surface area contributed by atoms with Crippen LogP contribution in [0.3, 0.4) is 0 Å². The summed E-state index contributed by atoms with van der Waals surface area (Å²) in [6, 6.07) is 9.79. The number of hydrogen-bond donors (Lipinski definition) is 0. The predicted molar refractivity (Wildman–Crippen MR) is 90.7 cm³/mol. The number of alkyl halides is 3. The highest BCUT2D eigenvalue weighted by molar-refractivity contribution is 5.47. The second kappa shape index (κ2) is 7.03. The number of para-hydroxylation sites is 1. The lowest BCUT2D eigenvalue weighted by molar-refractivity contribution is -0.275. The van der Waals surface area contributed by atoms with E-state index in [9.17, 15) is 13.2 Å². The van der Waals surface area contributed by atoms with Crippen LogP contribution in [0.5, 0.6) is 5.75 Å².